The number of nitrogens with zero attached hydrogens (tertiary/aromatic N) is 4. The Balaban J connectivity index is 1.40. The zero-order valence-corrected chi connectivity index (χ0v) is 19.0. The van der Waals surface area contributed by atoms with E-state index in [0.717, 1.165) is 11.8 Å². The van der Waals surface area contributed by atoms with Gasteiger partial charge in [0.1, 0.15) is 5.76 Å². The molecule has 0 radical (unpaired) electrons. The molecule has 1 aliphatic heterocycles. The lowest BCUT2D eigenvalue weighted by Gasteiger charge is -2.26. The van der Waals surface area contributed by atoms with Gasteiger partial charge in [-0.2, -0.15) is 4.31 Å². The lowest BCUT2D eigenvalue weighted by Crippen LogP contribution is -2.40. The Morgan fingerprint density at radius 1 is 1.19 bits per heavy atom. The maximum Gasteiger partial charge on any atom is 0.277 e. The van der Waals surface area contributed by atoms with Gasteiger partial charge in [0.25, 0.3) is 5.22 Å². The third-order valence-electron chi connectivity index (χ3n) is 4.81. The molecule has 12 heteroatoms. The van der Waals surface area contributed by atoms with Gasteiger partial charge in [-0.1, -0.05) is 17.8 Å². The van der Waals surface area contributed by atoms with Crippen molar-refractivity contribution < 1.29 is 26.8 Å². The highest BCUT2D eigenvalue weighted by atomic mass is 32.2. The first-order valence-corrected chi connectivity index (χ1v) is 12.3. The fourth-order valence-corrected chi connectivity index (χ4v) is 5.23. The number of aromatic nitrogens is 2. The Hall–Kier alpha value is -2.67. The summed E-state index contributed by atoms with van der Waals surface area (Å²) >= 11 is 1.11. The normalized spacial score (nSPS) is 15.0. The predicted molar refractivity (Wildman–Crippen MR) is 115 cm³/mol. The largest absolute Gasteiger partial charge is 0.467 e. The van der Waals surface area contributed by atoms with Crippen LogP contribution in [0.2, 0.25) is 0 Å². The van der Waals surface area contributed by atoms with Crippen molar-refractivity contribution in [3.63, 3.8) is 0 Å². The van der Waals surface area contributed by atoms with Crippen molar-refractivity contribution in [1.82, 2.24) is 19.4 Å². The van der Waals surface area contributed by atoms with Crippen molar-refractivity contribution in [3.8, 4) is 11.5 Å². The third kappa shape index (κ3) is 5.21. The van der Waals surface area contributed by atoms with E-state index in [4.69, 9.17) is 13.6 Å². The molecule has 0 atom stereocenters. The predicted octanol–water partition coefficient (Wildman–Crippen LogP) is 2.10. The number of carbonyl (C=O) groups is 1. The van der Waals surface area contributed by atoms with Gasteiger partial charge in [-0.15, -0.1) is 10.2 Å². The molecule has 1 aliphatic rings. The molecule has 4 rings (SSSR count). The van der Waals surface area contributed by atoms with E-state index in [9.17, 15) is 13.2 Å². The Bertz CT molecular complexity index is 1160. The number of carbonyl (C=O) groups excluding carboxylic acids is 1. The Morgan fingerprint density at radius 3 is 2.75 bits per heavy atom. The zero-order valence-electron chi connectivity index (χ0n) is 17.3. The topological polar surface area (TPSA) is 119 Å². The number of amides is 1. The highest BCUT2D eigenvalue weighted by molar-refractivity contribution is 7.99. The van der Waals surface area contributed by atoms with Crippen molar-refractivity contribution in [2.75, 3.05) is 39.1 Å². The van der Waals surface area contributed by atoms with E-state index in [1.165, 1.54) is 16.4 Å². The molecule has 1 amide bonds. The number of hydrogen-bond acceptors (Lipinski definition) is 9. The summed E-state index contributed by atoms with van der Waals surface area (Å²) in [4.78, 5) is 14.0. The van der Waals surface area contributed by atoms with Crippen LogP contribution in [-0.2, 0) is 26.1 Å². The van der Waals surface area contributed by atoms with Crippen molar-refractivity contribution in [2.45, 2.75) is 16.7 Å². The van der Waals surface area contributed by atoms with Gasteiger partial charge in [-0.3, -0.25) is 4.79 Å². The average Bonchev–Trinajstić information content (AvgIpc) is 3.50. The molecule has 1 saturated heterocycles. The minimum Gasteiger partial charge on any atom is -0.467 e. The second-order valence-electron chi connectivity index (χ2n) is 7.04. The average molecular weight is 479 g/mol. The van der Waals surface area contributed by atoms with E-state index in [-0.39, 0.29) is 27.7 Å². The number of thioether (sulfide) groups is 1. The smallest absolute Gasteiger partial charge is 0.277 e. The van der Waals surface area contributed by atoms with Gasteiger partial charge in [0.2, 0.25) is 21.8 Å². The molecule has 170 valence electrons. The first-order valence-electron chi connectivity index (χ1n) is 9.84. The summed E-state index contributed by atoms with van der Waals surface area (Å²) in [7, 11) is -1.95. The third-order valence-corrected chi connectivity index (χ3v) is 7.51. The maximum absolute atomic E-state index is 12.9. The molecule has 0 spiro atoms. The fourth-order valence-electron chi connectivity index (χ4n) is 3.07. The van der Waals surface area contributed by atoms with Gasteiger partial charge in [-0.25, -0.2) is 8.42 Å². The van der Waals surface area contributed by atoms with Crippen LogP contribution in [0.5, 0.6) is 0 Å². The van der Waals surface area contributed by atoms with Gasteiger partial charge in [0, 0.05) is 25.7 Å². The minimum atomic E-state index is -3.64. The van der Waals surface area contributed by atoms with E-state index in [1.807, 2.05) is 0 Å². The summed E-state index contributed by atoms with van der Waals surface area (Å²) in [5, 5.41) is 8.19. The van der Waals surface area contributed by atoms with Crippen LogP contribution in [-0.4, -0.2) is 72.8 Å². The molecule has 1 fully saturated rings. The lowest BCUT2D eigenvalue weighted by atomic mass is 10.2. The summed E-state index contributed by atoms with van der Waals surface area (Å²) in [5.41, 5.74) is 0.486. The number of furan rings is 1. The van der Waals surface area contributed by atoms with Gasteiger partial charge in [-0.05, 0) is 30.3 Å². The zero-order chi connectivity index (χ0) is 22.6. The van der Waals surface area contributed by atoms with Crippen LogP contribution in [0.4, 0.5) is 0 Å². The van der Waals surface area contributed by atoms with E-state index in [1.54, 1.807) is 42.5 Å². The first kappa shape index (κ1) is 22.5. The fraction of sp³-hybridized carbons (Fsp3) is 0.350. The Kier molecular flexibility index (Phi) is 6.94. The summed E-state index contributed by atoms with van der Waals surface area (Å²) in [6.45, 7) is 1.75. The molecule has 3 aromatic rings. The summed E-state index contributed by atoms with van der Waals surface area (Å²) in [6, 6.07) is 9.94. The van der Waals surface area contributed by atoms with Crippen LogP contribution in [0.3, 0.4) is 0 Å². The highest BCUT2D eigenvalue weighted by Crippen LogP contribution is 2.26. The summed E-state index contributed by atoms with van der Waals surface area (Å²) in [5.74, 6) is 0.870. The molecule has 2 aromatic heterocycles. The van der Waals surface area contributed by atoms with Crippen molar-refractivity contribution in [1.29, 1.82) is 0 Å². The number of hydrogen-bond donors (Lipinski definition) is 0. The Morgan fingerprint density at radius 2 is 2.00 bits per heavy atom. The molecule has 0 saturated carbocycles. The summed E-state index contributed by atoms with van der Waals surface area (Å²) in [6.07, 6.45) is 1.56. The van der Waals surface area contributed by atoms with Gasteiger partial charge >= 0.3 is 0 Å². The van der Waals surface area contributed by atoms with Crippen molar-refractivity contribution >= 4 is 27.7 Å². The SMILES string of the molecule is CN(Cc1ccco1)C(=O)CSc1nnc(-c2cccc(S(=O)(=O)N3CCOCC3)c2)o1. The monoisotopic (exact) mass is 478 g/mol. The van der Waals surface area contributed by atoms with E-state index >= 15 is 0 Å². The standard InChI is InChI=1S/C20H22N4O6S2/c1-23(13-16-5-3-9-29-16)18(25)14-31-20-22-21-19(30-20)15-4-2-6-17(12-15)32(26,27)24-7-10-28-11-8-24/h2-6,9,12H,7-8,10-11,13-14H2,1H3. The van der Waals surface area contributed by atoms with Gasteiger partial charge < -0.3 is 18.5 Å². The van der Waals surface area contributed by atoms with Crippen LogP contribution in [0, 0.1) is 0 Å². The molecule has 0 N–H and O–H groups in total. The number of benzene rings is 1. The molecule has 3 heterocycles. The number of ether oxygens (including phenoxy) is 1. The second kappa shape index (κ2) is 9.86. The van der Waals surface area contributed by atoms with E-state index < -0.39 is 10.0 Å². The first-order chi connectivity index (χ1) is 15.4. The molecule has 10 nitrogen and oxygen atoms in total. The molecule has 32 heavy (non-hydrogen) atoms. The molecule has 1 aromatic carbocycles. The molecule has 0 bridgehead atoms. The number of rotatable bonds is 8. The molecule has 0 unspecified atom stereocenters. The van der Waals surface area contributed by atoms with Gasteiger partial charge in [0.15, 0.2) is 0 Å². The maximum atomic E-state index is 12.9. The minimum absolute atomic E-state index is 0.115. The Labute approximate surface area is 189 Å². The summed E-state index contributed by atoms with van der Waals surface area (Å²) < 4.78 is 43.3. The van der Waals surface area contributed by atoms with Crippen LogP contribution >= 0.6 is 11.8 Å². The molecular weight excluding hydrogens is 456 g/mol. The van der Waals surface area contributed by atoms with Crippen LogP contribution in [0.1, 0.15) is 5.76 Å². The lowest BCUT2D eigenvalue weighted by molar-refractivity contribution is -0.127. The van der Waals surface area contributed by atoms with Crippen molar-refractivity contribution in [3.05, 3.63) is 48.4 Å². The van der Waals surface area contributed by atoms with E-state index in [2.05, 4.69) is 10.2 Å². The quantitative estimate of drug-likeness (QED) is 0.448. The molecule has 0 aliphatic carbocycles. The van der Waals surface area contributed by atoms with Crippen LogP contribution < -0.4 is 0 Å². The molecular formula is C20H22N4O6S2. The second-order valence-corrected chi connectivity index (χ2v) is 9.90. The van der Waals surface area contributed by atoms with Gasteiger partial charge in [0.05, 0.1) is 36.7 Å². The number of sulfonamides is 1. The number of morpholine rings is 1. The highest BCUT2D eigenvalue weighted by Gasteiger charge is 2.27. The van der Waals surface area contributed by atoms with E-state index in [0.29, 0.717) is 44.2 Å². The van der Waals surface area contributed by atoms with Crippen LogP contribution in [0.25, 0.3) is 11.5 Å². The van der Waals surface area contributed by atoms with Crippen LogP contribution in [0.15, 0.2) is 61.6 Å². The van der Waals surface area contributed by atoms with Crippen molar-refractivity contribution in [2.24, 2.45) is 0 Å².